The number of phenols is 1. The molecule has 1 heterocycles. The Labute approximate surface area is 154 Å². The number of phenolic OH excluding ortho intramolecular Hbond substituents is 1. The van der Waals surface area contributed by atoms with Gasteiger partial charge in [-0.05, 0) is 63.5 Å². The number of hydrogen-bond acceptors (Lipinski definition) is 4. The average molecular weight is 368 g/mol. The van der Waals surface area contributed by atoms with Crippen LogP contribution in [-0.4, -0.2) is 41.3 Å². The largest absolute Gasteiger partial charge is 0.506 e. The molecule has 2 fully saturated rings. The van der Waals surface area contributed by atoms with Gasteiger partial charge in [0.15, 0.2) is 0 Å². The summed E-state index contributed by atoms with van der Waals surface area (Å²) in [5.74, 6) is 0.955. The van der Waals surface area contributed by atoms with Gasteiger partial charge in [0.25, 0.3) is 0 Å². The van der Waals surface area contributed by atoms with Crippen molar-refractivity contribution in [2.75, 3.05) is 18.4 Å². The van der Waals surface area contributed by atoms with Crippen molar-refractivity contribution >= 4 is 5.69 Å². The molecule has 4 nitrogen and oxygen atoms in total. The van der Waals surface area contributed by atoms with E-state index in [2.05, 4.69) is 28.8 Å². The Morgan fingerprint density at radius 3 is 2.46 bits per heavy atom. The van der Waals surface area contributed by atoms with Crippen molar-refractivity contribution in [3.8, 4) is 11.5 Å². The third-order valence-corrected chi connectivity index (χ3v) is 6.16. The minimum atomic E-state index is -2.87. The Morgan fingerprint density at radius 2 is 1.85 bits per heavy atom. The third-order valence-electron chi connectivity index (χ3n) is 6.16. The van der Waals surface area contributed by atoms with E-state index in [9.17, 15) is 13.9 Å². The maximum atomic E-state index is 12.4. The maximum absolute atomic E-state index is 12.4. The van der Waals surface area contributed by atoms with Gasteiger partial charge in [0, 0.05) is 30.7 Å². The molecular formula is C20H30F2N2O2. The van der Waals surface area contributed by atoms with Crippen molar-refractivity contribution in [1.82, 2.24) is 4.90 Å². The lowest BCUT2D eigenvalue weighted by Crippen LogP contribution is -2.53. The standard InChI is InChI=1S/C20H30F2N2O2/c1-14-5-9-20(2,10-6-14)24-11-7-15(8-12-24)23-17-13-16(26-19(21)22)3-4-18(17)25/h3-4,13-15,19,23,25H,5-12H2,1-2H3/t14-,20-. The van der Waals surface area contributed by atoms with Crippen LogP contribution in [0.2, 0.25) is 0 Å². The molecule has 1 aromatic rings. The molecule has 0 radical (unpaired) electrons. The molecule has 0 spiro atoms. The summed E-state index contributed by atoms with van der Waals surface area (Å²) in [7, 11) is 0. The monoisotopic (exact) mass is 368 g/mol. The number of alkyl halides is 2. The quantitative estimate of drug-likeness (QED) is 0.730. The lowest BCUT2D eigenvalue weighted by Gasteiger charge is -2.48. The first-order valence-electron chi connectivity index (χ1n) is 9.65. The number of hydrogen-bond donors (Lipinski definition) is 2. The summed E-state index contributed by atoms with van der Waals surface area (Å²) in [5.41, 5.74) is 0.768. The smallest absolute Gasteiger partial charge is 0.387 e. The summed E-state index contributed by atoms with van der Waals surface area (Å²) in [6, 6.07) is 4.40. The highest BCUT2D eigenvalue weighted by molar-refractivity contribution is 5.59. The fourth-order valence-electron chi connectivity index (χ4n) is 4.29. The van der Waals surface area contributed by atoms with Gasteiger partial charge in [-0.2, -0.15) is 8.78 Å². The number of benzene rings is 1. The molecule has 0 atom stereocenters. The van der Waals surface area contributed by atoms with Gasteiger partial charge in [0.2, 0.25) is 0 Å². The van der Waals surface area contributed by atoms with Crippen LogP contribution >= 0.6 is 0 Å². The summed E-state index contributed by atoms with van der Waals surface area (Å²) in [4.78, 5) is 2.62. The van der Waals surface area contributed by atoms with Crippen LogP contribution < -0.4 is 10.1 Å². The molecule has 146 valence electrons. The van der Waals surface area contributed by atoms with E-state index in [1.807, 2.05) is 0 Å². The van der Waals surface area contributed by atoms with E-state index in [0.717, 1.165) is 31.8 Å². The lowest BCUT2D eigenvalue weighted by atomic mass is 9.76. The first kappa shape index (κ1) is 19.2. The number of rotatable bonds is 5. The predicted octanol–water partition coefficient (Wildman–Crippen LogP) is 4.84. The van der Waals surface area contributed by atoms with E-state index in [1.54, 1.807) is 0 Å². The van der Waals surface area contributed by atoms with E-state index in [4.69, 9.17) is 0 Å². The molecule has 0 amide bonds. The Hall–Kier alpha value is -1.56. The van der Waals surface area contributed by atoms with Crippen LogP contribution in [0.1, 0.15) is 52.4 Å². The molecule has 6 heteroatoms. The van der Waals surface area contributed by atoms with Crippen LogP contribution in [0.25, 0.3) is 0 Å². The van der Waals surface area contributed by atoms with E-state index in [-0.39, 0.29) is 17.5 Å². The summed E-state index contributed by atoms with van der Waals surface area (Å²) < 4.78 is 29.2. The minimum absolute atomic E-state index is 0.0570. The number of ether oxygens (including phenoxy) is 1. The second-order valence-corrected chi connectivity index (χ2v) is 8.14. The number of piperidine rings is 1. The van der Waals surface area contributed by atoms with Crippen LogP contribution in [0.15, 0.2) is 18.2 Å². The molecule has 26 heavy (non-hydrogen) atoms. The van der Waals surface area contributed by atoms with Gasteiger partial charge >= 0.3 is 6.61 Å². The van der Waals surface area contributed by atoms with Crippen LogP contribution in [0, 0.1) is 5.92 Å². The molecule has 2 aliphatic rings. The fraction of sp³-hybridized carbons (Fsp3) is 0.700. The van der Waals surface area contributed by atoms with E-state index < -0.39 is 6.61 Å². The highest BCUT2D eigenvalue weighted by atomic mass is 19.3. The normalized spacial score (nSPS) is 28.3. The van der Waals surface area contributed by atoms with Crippen molar-refractivity contribution in [2.24, 2.45) is 5.92 Å². The lowest BCUT2D eigenvalue weighted by molar-refractivity contribution is -0.0498. The van der Waals surface area contributed by atoms with Gasteiger partial charge in [0.05, 0.1) is 5.69 Å². The van der Waals surface area contributed by atoms with Crippen molar-refractivity contribution in [3.63, 3.8) is 0 Å². The molecule has 2 N–H and O–H groups in total. The Morgan fingerprint density at radius 1 is 1.19 bits per heavy atom. The van der Waals surface area contributed by atoms with Gasteiger partial charge in [-0.25, -0.2) is 0 Å². The van der Waals surface area contributed by atoms with Gasteiger partial charge < -0.3 is 15.2 Å². The van der Waals surface area contributed by atoms with Crippen LogP contribution in [0.4, 0.5) is 14.5 Å². The average Bonchev–Trinajstić information content (AvgIpc) is 2.61. The fourth-order valence-corrected chi connectivity index (χ4v) is 4.29. The maximum Gasteiger partial charge on any atom is 0.387 e. The van der Waals surface area contributed by atoms with Gasteiger partial charge in [-0.1, -0.05) is 6.92 Å². The van der Waals surface area contributed by atoms with E-state index in [0.29, 0.717) is 11.2 Å². The number of nitrogens with one attached hydrogen (secondary N) is 1. The SMILES string of the molecule is C[C@H]1CC[C@](C)(N2CCC(Nc3cc(OC(F)F)ccc3O)CC2)CC1. The second-order valence-electron chi connectivity index (χ2n) is 8.14. The summed E-state index contributed by atoms with van der Waals surface area (Å²) >= 11 is 0. The third kappa shape index (κ3) is 4.58. The number of nitrogens with zero attached hydrogens (tertiary/aromatic N) is 1. The number of likely N-dealkylation sites (tertiary alicyclic amines) is 1. The predicted molar refractivity (Wildman–Crippen MR) is 99.0 cm³/mol. The zero-order valence-electron chi connectivity index (χ0n) is 15.7. The first-order valence-corrected chi connectivity index (χ1v) is 9.65. The van der Waals surface area contributed by atoms with Crippen LogP contribution in [0.3, 0.4) is 0 Å². The van der Waals surface area contributed by atoms with Crippen molar-refractivity contribution in [1.29, 1.82) is 0 Å². The van der Waals surface area contributed by atoms with Crippen LogP contribution in [-0.2, 0) is 0 Å². The van der Waals surface area contributed by atoms with Crippen molar-refractivity contribution in [3.05, 3.63) is 18.2 Å². The molecule has 1 saturated carbocycles. The van der Waals surface area contributed by atoms with Crippen molar-refractivity contribution in [2.45, 2.75) is 70.6 Å². The number of anilines is 1. The molecule has 1 aliphatic carbocycles. The molecule has 0 unspecified atom stereocenters. The Bertz CT molecular complexity index is 595. The zero-order chi connectivity index (χ0) is 18.7. The number of aromatic hydroxyl groups is 1. The van der Waals surface area contributed by atoms with Gasteiger partial charge in [-0.3, -0.25) is 4.90 Å². The van der Waals surface area contributed by atoms with Gasteiger partial charge in [0.1, 0.15) is 11.5 Å². The number of halogens is 2. The van der Waals surface area contributed by atoms with Crippen LogP contribution in [0.5, 0.6) is 11.5 Å². The highest BCUT2D eigenvalue weighted by Crippen LogP contribution is 2.38. The summed E-state index contributed by atoms with van der Waals surface area (Å²) in [6.07, 6.45) is 7.09. The minimum Gasteiger partial charge on any atom is -0.506 e. The second kappa shape index (κ2) is 7.99. The molecular weight excluding hydrogens is 338 g/mol. The van der Waals surface area contributed by atoms with E-state index in [1.165, 1.54) is 43.9 Å². The zero-order valence-corrected chi connectivity index (χ0v) is 15.7. The summed E-state index contributed by atoms with van der Waals surface area (Å²) in [5, 5.41) is 13.3. The molecule has 0 bridgehead atoms. The molecule has 1 saturated heterocycles. The molecule has 1 aliphatic heterocycles. The first-order chi connectivity index (χ1) is 12.4. The highest BCUT2D eigenvalue weighted by Gasteiger charge is 2.37. The molecule has 0 aromatic heterocycles. The summed E-state index contributed by atoms with van der Waals surface area (Å²) in [6.45, 7) is 3.92. The Balaban J connectivity index is 1.56. The molecule has 3 rings (SSSR count). The Kier molecular flexibility index (Phi) is 5.90. The van der Waals surface area contributed by atoms with Gasteiger partial charge in [-0.15, -0.1) is 0 Å². The topological polar surface area (TPSA) is 44.7 Å². The molecule has 1 aromatic carbocycles. The van der Waals surface area contributed by atoms with Crippen molar-refractivity contribution < 1.29 is 18.6 Å². The van der Waals surface area contributed by atoms with E-state index >= 15 is 0 Å².